The largest absolute Gasteiger partial charge is 0.481 e. The van der Waals surface area contributed by atoms with Crippen molar-refractivity contribution in [2.24, 2.45) is 0 Å². The van der Waals surface area contributed by atoms with Gasteiger partial charge in [-0.15, -0.1) is 0 Å². The highest BCUT2D eigenvalue weighted by Gasteiger charge is 1.98. The molecule has 0 fully saturated rings. The molecule has 0 saturated carbocycles. The maximum atomic E-state index is 12.6. The van der Waals surface area contributed by atoms with E-state index < -0.39 is 5.97 Å². The zero-order chi connectivity index (χ0) is 13.9. The van der Waals surface area contributed by atoms with E-state index in [0.29, 0.717) is 0 Å². The molecule has 0 atom stereocenters. The summed E-state index contributed by atoms with van der Waals surface area (Å²) >= 11 is 0. The van der Waals surface area contributed by atoms with Crippen LogP contribution in [0.25, 0.3) is 0 Å². The molecule has 1 aromatic rings. The molecular formula is C15H22FNO2. The van der Waals surface area contributed by atoms with Crippen LogP contribution >= 0.6 is 0 Å². The molecule has 106 valence electrons. The zero-order valence-corrected chi connectivity index (χ0v) is 11.3. The third kappa shape index (κ3) is 8.30. The fourth-order valence-electron chi connectivity index (χ4n) is 2.02. The summed E-state index contributed by atoms with van der Waals surface area (Å²) in [7, 11) is 0. The first-order chi connectivity index (χ1) is 9.18. The van der Waals surface area contributed by atoms with Crippen LogP contribution in [0.2, 0.25) is 0 Å². The van der Waals surface area contributed by atoms with E-state index in [1.165, 1.54) is 18.7 Å². The summed E-state index contributed by atoms with van der Waals surface area (Å²) in [5.74, 6) is -0.989. The van der Waals surface area contributed by atoms with Gasteiger partial charge in [0.25, 0.3) is 0 Å². The van der Waals surface area contributed by atoms with Crippen molar-refractivity contribution in [2.75, 3.05) is 0 Å². The van der Waals surface area contributed by atoms with E-state index in [-0.39, 0.29) is 12.2 Å². The van der Waals surface area contributed by atoms with Gasteiger partial charge < -0.3 is 5.11 Å². The summed E-state index contributed by atoms with van der Waals surface area (Å²) in [5, 5.41) is 8.48. The second kappa shape index (κ2) is 9.48. The minimum absolute atomic E-state index is 0.287. The third-order valence-corrected chi connectivity index (χ3v) is 3.11. The number of carboxylic acids is 1. The number of aryl methyl sites for hydroxylation is 1. The van der Waals surface area contributed by atoms with Crippen molar-refractivity contribution in [2.45, 2.75) is 57.8 Å². The van der Waals surface area contributed by atoms with Gasteiger partial charge in [-0.3, -0.25) is 9.78 Å². The van der Waals surface area contributed by atoms with E-state index in [0.717, 1.165) is 50.6 Å². The van der Waals surface area contributed by atoms with Crippen LogP contribution in [-0.2, 0) is 11.2 Å². The molecule has 1 rings (SSSR count). The van der Waals surface area contributed by atoms with Crippen molar-refractivity contribution in [3.8, 4) is 0 Å². The molecule has 3 nitrogen and oxygen atoms in total. The quantitative estimate of drug-likeness (QED) is 0.652. The molecule has 1 aromatic heterocycles. The van der Waals surface area contributed by atoms with Crippen molar-refractivity contribution in [1.29, 1.82) is 0 Å². The van der Waals surface area contributed by atoms with Gasteiger partial charge in [0.15, 0.2) is 0 Å². The van der Waals surface area contributed by atoms with Gasteiger partial charge in [0.2, 0.25) is 0 Å². The number of carboxylic acid groups (broad SMARTS) is 1. The first-order valence-corrected chi connectivity index (χ1v) is 7.00. The third-order valence-electron chi connectivity index (χ3n) is 3.11. The molecule has 0 aliphatic heterocycles. The first-order valence-electron chi connectivity index (χ1n) is 7.00. The van der Waals surface area contributed by atoms with Gasteiger partial charge >= 0.3 is 5.97 Å². The number of pyridine rings is 1. The number of carbonyl (C=O) groups is 1. The molecule has 1 heterocycles. The Kier molecular flexibility index (Phi) is 7.78. The number of aromatic nitrogens is 1. The molecule has 0 radical (unpaired) electrons. The summed E-state index contributed by atoms with van der Waals surface area (Å²) < 4.78 is 12.6. The highest BCUT2D eigenvalue weighted by molar-refractivity contribution is 5.66. The lowest BCUT2D eigenvalue weighted by atomic mass is 10.1. The Labute approximate surface area is 113 Å². The van der Waals surface area contributed by atoms with Gasteiger partial charge in [-0.1, -0.05) is 32.1 Å². The lowest BCUT2D eigenvalue weighted by Gasteiger charge is -2.02. The van der Waals surface area contributed by atoms with Gasteiger partial charge in [0.05, 0.1) is 6.20 Å². The second-order valence-corrected chi connectivity index (χ2v) is 4.84. The summed E-state index contributed by atoms with van der Waals surface area (Å²) in [5.41, 5.74) is 0.947. The van der Waals surface area contributed by atoms with Crippen molar-refractivity contribution < 1.29 is 14.3 Å². The van der Waals surface area contributed by atoms with Crippen molar-refractivity contribution in [1.82, 2.24) is 4.98 Å². The number of hydrogen-bond donors (Lipinski definition) is 1. The van der Waals surface area contributed by atoms with E-state index in [9.17, 15) is 9.18 Å². The zero-order valence-electron chi connectivity index (χ0n) is 11.3. The van der Waals surface area contributed by atoms with Crippen LogP contribution in [0.5, 0.6) is 0 Å². The Bertz CT molecular complexity index is 365. The van der Waals surface area contributed by atoms with Crippen molar-refractivity contribution >= 4 is 5.97 Å². The average molecular weight is 267 g/mol. The highest BCUT2D eigenvalue weighted by atomic mass is 19.1. The summed E-state index contributed by atoms with van der Waals surface area (Å²) in [4.78, 5) is 14.3. The van der Waals surface area contributed by atoms with E-state index in [2.05, 4.69) is 4.98 Å². The average Bonchev–Trinajstić information content (AvgIpc) is 2.38. The Hall–Kier alpha value is -1.45. The van der Waals surface area contributed by atoms with Crippen LogP contribution in [-0.4, -0.2) is 16.1 Å². The van der Waals surface area contributed by atoms with E-state index >= 15 is 0 Å². The Morgan fingerprint density at radius 3 is 2.26 bits per heavy atom. The number of nitrogens with zero attached hydrogens (tertiary/aromatic N) is 1. The molecule has 0 unspecified atom stereocenters. The van der Waals surface area contributed by atoms with Crippen LogP contribution in [0.15, 0.2) is 18.3 Å². The van der Waals surface area contributed by atoms with Gasteiger partial charge in [0, 0.05) is 12.1 Å². The molecule has 0 aliphatic rings. The Balaban J connectivity index is 1.91. The molecule has 0 spiro atoms. The number of unbranched alkanes of at least 4 members (excludes halogenated alkanes) is 6. The normalized spacial score (nSPS) is 10.6. The van der Waals surface area contributed by atoms with Gasteiger partial charge in [0.1, 0.15) is 5.82 Å². The number of rotatable bonds is 10. The fourth-order valence-corrected chi connectivity index (χ4v) is 2.02. The SMILES string of the molecule is O=C(O)CCCCCCCCCc1ccc(F)cn1. The van der Waals surface area contributed by atoms with Crippen LogP contribution in [0.1, 0.15) is 57.1 Å². The van der Waals surface area contributed by atoms with Crippen LogP contribution in [0.3, 0.4) is 0 Å². The van der Waals surface area contributed by atoms with E-state index in [1.807, 2.05) is 0 Å². The summed E-state index contributed by atoms with van der Waals surface area (Å²) in [6.07, 6.45) is 9.92. The molecule has 19 heavy (non-hydrogen) atoms. The molecule has 0 aliphatic carbocycles. The molecule has 0 aromatic carbocycles. The molecule has 0 bridgehead atoms. The van der Waals surface area contributed by atoms with E-state index in [4.69, 9.17) is 5.11 Å². The van der Waals surface area contributed by atoms with Gasteiger partial charge in [-0.2, -0.15) is 0 Å². The van der Waals surface area contributed by atoms with Crippen LogP contribution < -0.4 is 0 Å². The fraction of sp³-hybridized carbons (Fsp3) is 0.600. The summed E-state index contributed by atoms with van der Waals surface area (Å²) in [6, 6.07) is 3.19. The van der Waals surface area contributed by atoms with Crippen LogP contribution in [0, 0.1) is 5.82 Å². The molecular weight excluding hydrogens is 245 g/mol. The first kappa shape index (κ1) is 15.6. The molecule has 0 amide bonds. The van der Waals surface area contributed by atoms with Crippen molar-refractivity contribution in [3.05, 3.63) is 29.8 Å². The standard InChI is InChI=1S/C15H22FNO2/c16-13-10-11-14(17-12-13)8-6-4-2-1-3-5-7-9-15(18)19/h10-12H,1-9H2,(H,18,19). The number of hydrogen-bond acceptors (Lipinski definition) is 2. The van der Waals surface area contributed by atoms with Gasteiger partial charge in [-0.25, -0.2) is 4.39 Å². The lowest BCUT2D eigenvalue weighted by Crippen LogP contribution is -1.93. The number of halogens is 1. The molecule has 0 saturated heterocycles. The summed E-state index contributed by atoms with van der Waals surface area (Å²) in [6.45, 7) is 0. The maximum Gasteiger partial charge on any atom is 0.303 e. The smallest absolute Gasteiger partial charge is 0.303 e. The maximum absolute atomic E-state index is 12.6. The predicted octanol–water partition coefficient (Wildman–Crippen LogP) is 3.97. The highest BCUT2D eigenvalue weighted by Crippen LogP contribution is 2.10. The van der Waals surface area contributed by atoms with Crippen LogP contribution in [0.4, 0.5) is 4.39 Å². The lowest BCUT2D eigenvalue weighted by molar-refractivity contribution is -0.137. The minimum Gasteiger partial charge on any atom is -0.481 e. The second-order valence-electron chi connectivity index (χ2n) is 4.84. The monoisotopic (exact) mass is 267 g/mol. The van der Waals surface area contributed by atoms with Gasteiger partial charge in [-0.05, 0) is 31.4 Å². The molecule has 4 heteroatoms. The molecule has 1 N–H and O–H groups in total. The predicted molar refractivity (Wildman–Crippen MR) is 72.5 cm³/mol. The van der Waals surface area contributed by atoms with Crippen molar-refractivity contribution in [3.63, 3.8) is 0 Å². The topological polar surface area (TPSA) is 50.2 Å². The Morgan fingerprint density at radius 1 is 1.05 bits per heavy atom. The number of aliphatic carboxylic acids is 1. The Morgan fingerprint density at radius 2 is 1.68 bits per heavy atom. The minimum atomic E-state index is -0.702. The van der Waals surface area contributed by atoms with E-state index in [1.54, 1.807) is 6.07 Å².